The fraction of sp³-hybridized carbons (Fsp3) is 0.273. The van der Waals surface area contributed by atoms with E-state index in [0.717, 1.165) is 38.8 Å². The van der Waals surface area contributed by atoms with Crippen LogP contribution < -0.4 is 0 Å². The van der Waals surface area contributed by atoms with Crippen LogP contribution in [0.5, 0.6) is 0 Å². The van der Waals surface area contributed by atoms with E-state index in [1.165, 1.54) is 5.56 Å². The zero-order valence-electron chi connectivity index (χ0n) is 16.2. The first-order valence-corrected chi connectivity index (χ1v) is 9.89. The molecule has 0 unspecified atom stereocenters. The van der Waals surface area contributed by atoms with Crippen molar-refractivity contribution in [3.05, 3.63) is 82.2 Å². The maximum absolute atomic E-state index is 13.0. The summed E-state index contributed by atoms with van der Waals surface area (Å²) in [6, 6.07) is 16.0. The van der Waals surface area contributed by atoms with Gasteiger partial charge in [0.05, 0.1) is 11.3 Å². The van der Waals surface area contributed by atoms with Gasteiger partial charge in [0, 0.05) is 29.8 Å². The Kier molecular flexibility index (Phi) is 6.01. The van der Waals surface area contributed by atoms with Crippen molar-refractivity contribution in [2.75, 3.05) is 7.05 Å². The molecule has 0 atom stereocenters. The molecule has 0 spiro atoms. The maximum Gasteiger partial charge on any atom is 0.255 e. The van der Waals surface area contributed by atoms with Crippen LogP contribution in [-0.4, -0.2) is 23.0 Å². The fourth-order valence-electron chi connectivity index (χ4n) is 2.87. The van der Waals surface area contributed by atoms with Gasteiger partial charge in [0.15, 0.2) is 0 Å². The molecule has 0 N–H and O–H groups in total. The van der Waals surface area contributed by atoms with Crippen LogP contribution in [0.1, 0.15) is 38.5 Å². The molecule has 0 fully saturated rings. The molecular formula is C22H24N2O2S. The van der Waals surface area contributed by atoms with Gasteiger partial charge in [-0.2, -0.15) is 0 Å². The van der Waals surface area contributed by atoms with Crippen LogP contribution in [0.15, 0.2) is 57.9 Å². The molecule has 0 radical (unpaired) electrons. The molecule has 0 saturated heterocycles. The Hall–Kier alpha value is -2.53. The first-order valence-electron chi connectivity index (χ1n) is 8.90. The van der Waals surface area contributed by atoms with Gasteiger partial charge in [-0.3, -0.25) is 4.79 Å². The number of thioether (sulfide) groups is 1. The van der Waals surface area contributed by atoms with Crippen molar-refractivity contribution in [1.82, 2.24) is 10.1 Å². The Labute approximate surface area is 164 Å². The molecule has 0 aliphatic rings. The van der Waals surface area contributed by atoms with E-state index in [0.29, 0.717) is 6.54 Å². The van der Waals surface area contributed by atoms with Crippen LogP contribution in [0, 0.1) is 20.8 Å². The van der Waals surface area contributed by atoms with E-state index in [4.69, 9.17) is 4.52 Å². The van der Waals surface area contributed by atoms with Crippen LogP contribution in [0.3, 0.4) is 0 Å². The van der Waals surface area contributed by atoms with Crippen molar-refractivity contribution in [3.8, 4) is 0 Å². The Morgan fingerprint density at radius 3 is 2.44 bits per heavy atom. The molecule has 2 aromatic carbocycles. The van der Waals surface area contributed by atoms with Gasteiger partial charge in [-0.1, -0.05) is 47.1 Å². The van der Waals surface area contributed by atoms with Gasteiger partial charge in [0.1, 0.15) is 5.76 Å². The summed E-state index contributed by atoms with van der Waals surface area (Å²) in [5.74, 6) is 1.59. The lowest BCUT2D eigenvalue weighted by molar-refractivity contribution is 0.0781. The predicted octanol–water partition coefficient (Wildman–Crippen LogP) is 5.16. The largest absolute Gasteiger partial charge is 0.361 e. The van der Waals surface area contributed by atoms with Gasteiger partial charge < -0.3 is 9.42 Å². The number of aryl methyl sites for hydroxylation is 3. The van der Waals surface area contributed by atoms with E-state index < -0.39 is 0 Å². The van der Waals surface area contributed by atoms with E-state index >= 15 is 0 Å². The number of amides is 1. The first kappa shape index (κ1) is 19.2. The Morgan fingerprint density at radius 1 is 1.07 bits per heavy atom. The number of benzene rings is 2. The normalized spacial score (nSPS) is 10.8. The minimum absolute atomic E-state index is 0.0254. The molecule has 0 aliphatic carbocycles. The number of hydrogen-bond donors (Lipinski definition) is 0. The van der Waals surface area contributed by atoms with Crippen molar-refractivity contribution in [1.29, 1.82) is 0 Å². The molecule has 0 aliphatic heterocycles. The highest BCUT2D eigenvalue weighted by Gasteiger charge is 2.17. The summed E-state index contributed by atoms with van der Waals surface area (Å²) >= 11 is 1.64. The van der Waals surface area contributed by atoms with Gasteiger partial charge in [0.2, 0.25) is 0 Å². The van der Waals surface area contributed by atoms with Crippen LogP contribution in [0.4, 0.5) is 0 Å². The second-order valence-electron chi connectivity index (χ2n) is 6.73. The standard InChI is InChI=1S/C22H24N2O2S/c1-15-9-11-18(12-10-15)13-24(4)22(25)19-7-5-6-8-21(19)27-14-20-16(2)23-26-17(20)3/h5-12H,13-14H2,1-4H3. The molecule has 3 rings (SSSR count). The minimum Gasteiger partial charge on any atom is -0.361 e. The molecular weight excluding hydrogens is 356 g/mol. The second kappa shape index (κ2) is 8.44. The molecule has 0 bridgehead atoms. The highest BCUT2D eigenvalue weighted by molar-refractivity contribution is 7.98. The number of carbonyl (C=O) groups excluding carboxylic acids is 1. The van der Waals surface area contributed by atoms with E-state index in [1.807, 2.05) is 45.2 Å². The summed E-state index contributed by atoms with van der Waals surface area (Å²) in [5.41, 5.74) is 5.06. The van der Waals surface area contributed by atoms with E-state index in [2.05, 4.69) is 36.3 Å². The third-order valence-corrected chi connectivity index (χ3v) is 5.66. The molecule has 1 aromatic heterocycles. The molecule has 4 nitrogen and oxygen atoms in total. The number of rotatable bonds is 6. The fourth-order valence-corrected chi connectivity index (χ4v) is 4.07. The van der Waals surface area contributed by atoms with Gasteiger partial charge >= 0.3 is 0 Å². The number of aromatic nitrogens is 1. The smallest absolute Gasteiger partial charge is 0.255 e. The summed E-state index contributed by atoms with van der Waals surface area (Å²) in [4.78, 5) is 15.7. The molecule has 1 amide bonds. The van der Waals surface area contributed by atoms with E-state index in [1.54, 1.807) is 16.7 Å². The zero-order chi connectivity index (χ0) is 19.4. The van der Waals surface area contributed by atoms with E-state index in [-0.39, 0.29) is 5.91 Å². The quantitative estimate of drug-likeness (QED) is 0.554. The van der Waals surface area contributed by atoms with Gasteiger partial charge in [-0.05, 0) is 38.5 Å². The molecule has 27 heavy (non-hydrogen) atoms. The van der Waals surface area contributed by atoms with Crippen molar-refractivity contribution < 1.29 is 9.32 Å². The average molecular weight is 381 g/mol. The number of hydrogen-bond acceptors (Lipinski definition) is 4. The van der Waals surface area contributed by atoms with Crippen molar-refractivity contribution in [2.45, 2.75) is 38.0 Å². The highest BCUT2D eigenvalue weighted by Crippen LogP contribution is 2.29. The molecule has 5 heteroatoms. The number of carbonyl (C=O) groups is 1. The molecule has 1 heterocycles. The predicted molar refractivity (Wildman–Crippen MR) is 109 cm³/mol. The third-order valence-electron chi connectivity index (χ3n) is 4.56. The zero-order valence-corrected chi connectivity index (χ0v) is 17.0. The first-order chi connectivity index (χ1) is 13.0. The summed E-state index contributed by atoms with van der Waals surface area (Å²) < 4.78 is 5.24. The summed E-state index contributed by atoms with van der Waals surface area (Å²) in [6.45, 7) is 6.51. The monoisotopic (exact) mass is 380 g/mol. The van der Waals surface area contributed by atoms with E-state index in [9.17, 15) is 4.79 Å². The number of nitrogens with zero attached hydrogens (tertiary/aromatic N) is 2. The maximum atomic E-state index is 13.0. The van der Waals surface area contributed by atoms with Gasteiger partial charge in [-0.25, -0.2) is 0 Å². The van der Waals surface area contributed by atoms with Crippen LogP contribution in [0.25, 0.3) is 0 Å². The molecule has 0 saturated carbocycles. The minimum atomic E-state index is 0.0254. The van der Waals surface area contributed by atoms with Crippen molar-refractivity contribution >= 4 is 17.7 Å². The van der Waals surface area contributed by atoms with Crippen LogP contribution in [-0.2, 0) is 12.3 Å². The lowest BCUT2D eigenvalue weighted by Crippen LogP contribution is -2.26. The van der Waals surface area contributed by atoms with Crippen molar-refractivity contribution in [3.63, 3.8) is 0 Å². The van der Waals surface area contributed by atoms with Crippen molar-refractivity contribution in [2.24, 2.45) is 0 Å². The van der Waals surface area contributed by atoms with Crippen LogP contribution in [0.2, 0.25) is 0 Å². The molecule has 140 valence electrons. The van der Waals surface area contributed by atoms with Gasteiger partial charge in [0.25, 0.3) is 5.91 Å². The molecule has 3 aromatic rings. The summed E-state index contributed by atoms with van der Waals surface area (Å²) in [5, 5.41) is 4.00. The Bertz CT molecular complexity index is 912. The SMILES string of the molecule is Cc1ccc(CN(C)C(=O)c2ccccc2SCc2c(C)noc2C)cc1. The highest BCUT2D eigenvalue weighted by atomic mass is 32.2. The second-order valence-corrected chi connectivity index (χ2v) is 7.75. The topological polar surface area (TPSA) is 46.3 Å². The lowest BCUT2D eigenvalue weighted by atomic mass is 10.1. The summed E-state index contributed by atoms with van der Waals surface area (Å²) in [6.07, 6.45) is 0. The van der Waals surface area contributed by atoms with Gasteiger partial charge in [-0.15, -0.1) is 11.8 Å². The average Bonchev–Trinajstić information content (AvgIpc) is 2.99. The summed E-state index contributed by atoms with van der Waals surface area (Å²) in [7, 11) is 1.85. The lowest BCUT2D eigenvalue weighted by Gasteiger charge is -2.19. The third kappa shape index (κ3) is 4.61. The van der Waals surface area contributed by atoms with Crippen LogP contribution >= 0.6 is 11.8 Å². The Morgan fingerprint density at radius 2 is 1.78 bits per heavy atom. The Balaban J connectivity index is 1.74.